The highest BCUT2D eigenvalue weighted by Crippen LogP contribution is 2.19. The minimum absolute atomic E-state index is 0. The van der Waals surface area contributed by atoms with Crippen LogP contribution in [0.4, 0.5) is 0 Å². The standard InChI is InChI=1S/C13H20N2O2.ClH/c1-9-8-10(2)17-12(9)13(16)15-6-4-11(14-3)5-7-15;/h8,11,14H,4-7H2,1-3H3;1H. The highest BCUT2D eigenvalue weighted by Gasteiger charge is 2.25. The predicted molar refractivity (Wildman–Crippen MR) is 73.4 cm³/mol. The van der Waals surface area contributed by atoms with Crippen molar-refractivity contribution < 1.29 is 9.21 Å². The van der Waals surface area contributed by atoms with Crippen LogP contribution in [0.25, 0.3) is 0 Å². The molecule has 1 N–H and O–H groups in total. The zero-order valence-electron chi connectivity index (χ0n) is 11.2. The van der Waals surface area contributed by atoms with Crippen LogP contribution in [0.15, 0.2) is 10.5 Å². The molecule has 1 fully saturated rings. The van der Waals surface area contributed by atoms with E-state index in [0.717, 1.165) is 37.3 Å². The van der Waals surface area contributed by atoms with Crippen molar-refractivity contribution >= 4 is 18.3 Å². The summed E-state index contributed by atoms with van der Waals surface area (Å²) < 4.78 is 5.48. The number of likely N-dealkylation sites (tertiary alicyclic amines) is 1. The molecule has 0 atom stereocenters. The molecule has 1 aromatic rings. The fourth-order valence-electron chi connectivity index (χ4n) is 2.37. The van der Waals surface area contributed by atoms with Crippen LogP contribution in [0.1, 0.15) is 34.7 Å². The van der Waals surface area contributed by atoms with Crippen molar-refractivity contribution in [1.82, 2.24) is 10.2 Å². The first-order valence-corrected chi connectivity index (χ1v) is 6.15. The smallest absolute Gasteiger partial charge is 0.289 e. The van der Waals surface area contributed by atoms with Crippen LogP contribution in [-0.4, -0.2) is 37.0 Å². The normalized spacial score (nSPS) is 16.5. The van der Waals surface area contributed by atoms with Gasteiger partial charge in [-0.05, 0) is 39.8 Å². The minimum Gasteiger partial charge on any atom is -0.456 e. The highest BCUT2D eigenvalue weighted by molar-refractivity contribution is 5.93. The van der Waals surface area contributed by atoms with Crippen molar-refractivity contribution in [3.05, 3.63) is 23.2 Å². The lowest BCUT2D eigenvalue weighted by atomic mass is 10.0. The highest BCUT2D eigenvalue weighted by atomic mass is 35.5. The van der Waals surface area contributed by atoms with Crippen LogP contribution < -0.4 is 5.32 Å². The maximum Gasteiger partial charge on any atom is 0.289 e. The van der Waals surface area contributed by atoms with Crippen LogP contribution in [0.5, 0.6) is 0 Å². The quantitative estimate of drug-likeness (QED) is 0.897. The zero-order valence-corrected chi connectivity index (χ0v) is 12.0. The lowest BCUT2D eigenvalue weighted by Gasteiger charge is -2.31. The van der Waals surface area contributed by atoms with Gasteiger partial charge in [0.2, 0.25) is 0 Å². The molecule has 102 valence electrons. The molecule has 1 amide bonds. The van der Waals surface area contributed by atoms with Gasteiger partial charge in [-0.15, -0.1) is 12.4 Å². The summed E-state index contributed by atoms with van der Waals surface area (Å²) in [5, 5.41) is 3.26. The van der Waals surface area contributed by atoms with E-state index < -0.39 is 0 Å². The van der Waals surface area contributed by atoms with E-state index in [1.807, 2.05) is 31.9 Å². The molecule has 0 spiro atoms. The van der Waals surface area contributed by atoms with Gasteiger partial charge < -0.3 is 14.6 Å². The molecule has 1 saturated heterocycles. The Hall–Kier alpha value is -1.00. The molecular formula is C13H21ClN2O2. The third-order valence-corrected chi connectivity index (χ3v) is 3.43. The Balaban J connectivity index is 0.00000162. The van der Waals surface area contributed by atoms with Gasteiger partial charge in [0, 0.05) is 24.7 Å². The maximum absolute atomic E-state index is 12.2. The maximum atomic E-state index is 12.2. The molecule has 0 unspecified atom stereocenters. The van der Waals surface area contributed by atoms with E-state index in [0.29, 0.717) is 11.8 Å². The van der Waals surface area contributed by atoms with Gasteiger partial charge in [0.15, 0.2) is 5.76 Å². The van der Waals surface area contributed by atoms with Crippen molar-refractivity contribution in [1.29, 1.82) is 0 Å². The van der Waals surface area contributed by atoms with Gasteiger partial charge in [-0.1, -0.05) is 0 Å². The molecular weight excluding hydrogens is 252 g/mol. The van der Waals surface area contributed by atoms with Crippen molar-refractivity contribution in [3.63, 3.8) is 0 Å². The number of carbonyl (C=O) groups excluding carboxylic acids is 1. The summed E-state index contributed by atoms with van der Waals surface area (Å²) >= 11 is 0. The first-order chi connectivity index (χ1) is 8.11. The molecule has 0 aliphatic carbocycles. The van der Waals surface area contributed by atoms with Crippen molar-refractivity contribution in [2.24, 2.45) is 0 Å². The first kappa shape index (κ1) is 15.1. The fraction of sp³-hybridized carbons (Fsp3) is 0.615. The molecule has 4 nitrogen and oxygen atoms in total. The third-order valence-electron chi connectivity index (χ3n) is 3.43. The summed E-state index contributed by atoms with van der Waals surface area (Å²) in [7, 11) is 1.97. The summed E-state index contributed by atoms with van der Waals surface area (Å²) in [5.41, 5.74) is 0.934. The van der Waals surface area contributed by atoms with Crippen molar-refractivity contribution in [3.8, 4) is 0 Å². The molecule has 2 rings (SSSR count). The topological polar surface area (TPSA) is 45.5 Å². The Morgan fingerprint density at radius 3 is 2.44 bits per heavy atom. The van der Waals surface area contributed by atoms with E-state index in [1.54, 1.807) is 0 Å². The van der Waals surface area contributed by atoms with Crippen LogP contribution >= 0.6 is 12.4 Å². The molecule has 0 bridgehead atoms. The average Bonchev–Trinajstić information content (AvgIpc) is 2.68. The monoisotopic (exact) mass is 272 g/mol. The lowest BCUT2D eigenvalue weighted by Crippen LogP contribution is -2.44. The lowest BCUT2D eigenvalue weighted by molar-refractivity contribution is 0.0673. The second-order valence-electron chi connectivity index (χ2n) is 4.72. The fourth-order valence-corrected chi connectivity index (χ4v) is 2.37. The number of piperidine rings is 1. The van der Waals surface area contributed by atoms with Gasteiger partial charge in [0.25, 0.3) is 5.91 Å². The van der Waals surface area contributed by atoms with E-state index in [-0.39, 0.29) is 18.3 Å². The average molecular weight is 273 g/mol. The largest absolute Gasteiger partial charge is 0.456 e. The number of hydrogen-bond acceptors (Lipinski definition) is 3. The molecule has 0 radical (unpaired) electrons. The van der Waals surface area contributed by atoms with Crippen LogP contribution in [0.3, 0.4) is 0 Å². The first-order valence-electron chi connectivity index (χ1n) is 6.15. The van der Waals surface area contributed by atoms with E-state index in [9.17, 15) is 4.79 Å². The number of carbonyl (C=O) groups is 1. The summed E-state index contributed by atoms with van der Waals surface area (Å²) in [4.78, 5) is 14.1. The molecule has 18 heavy (non-hydrogen) atoms. The number of rotatable bonds is 2. The predicted octanol–water partition coefficient (Wildman–Crippen LogP) is 2.14. The third kappa shape index (κ3) is 3.06. The Kier molecular flexibility index (Phi) is 5.23. The van der Waals surface area contributed by atoms with E-state index in [4.69, 9.17) is 4.42 Å². The van der Waals surface area contributed by atoms with Crippen LogP contribution in [0.2, 0.25) is 0 Å². The van der Waals surface area contributed by atoms with Crippen molar-refractivity contribution in [2.45, 2.75) is 32.7 Å². The minimum atomic E-state index is 0. The number of amides is 1. The second-order valence-corrected chi connectivity index (χ2v) is 4.72. The molecule has 0 saturated carbocycles. The number of furan rings is 1. The number of aryl methyl sites for hydroxylation is 2. The molecule has 1 aromatic heterocycles. The Labute approximate surface area is 114 Å². The zero-order chi connectivity index (χ0) is 12.4. The van der Waals surface area contributed by atoms with E-state index >= 15 is 0 Å². The van der Waals surface area contributed by atoms with Crippen molar-refractivity contribution in [2.75, 3.05) is 20.1 Å². The van der Waals surface area contributed by atoms with Gasteiger partial charge in [-0.3, -0.25) is 4.79 Å². The number of nitrogens with one attached hydrogen (secondary N) is 1. The van der Waals surface area contributed by atoms with Gasteiger partial charge in [-0.25, -0.2) is 0 Å². The number of nitrogens with zero attached hydrogens (tertiary/aromatic N) is 1. The van der Waals surface area contributed by atoms with Crippen LogP contribution in [0, 0.1) is 13.8 Å². The molecule has 2 heterocycles. The summed E-state index contributed by atoms with van der Waals surface area (Å²) in [5.74, 6) is 1.34. The van der Waals surface area contributed by atoms with Gasteiger partial charge in [-0.2, -0.15) is 0 Å². The SMILES string of the molecule is CNC1CCN(C(=O)c2oc(C)cc2C)CC1.Cl. The molecule has 1 aliphatic heterocycles. The summed E-state index contributed by atoms with van der Waals surface area (Å²) in [6.07, 6.45) is 2.03. The van der Waals surface area contributed by atoms with Gasteiger partial charge in [0.05, 0.1) is 0 Å². The van der Waals surface area contributed by atoms with E-state index in [2.05, 4.69) is 5.32 Å². The van der Waals surface area contributed by atoms with Crippen LogP contribution in [-0.2, 0) is 0 Å². The molecule has 5 heteroatoms. The molecule has 1 aliphatic rings. The summed E-state index contributed by atoms with van der Waals surface area (Å²) in [6.45, 7) is 5.41. The van der Waals surface area contributed by atoms with Gasteiger partial charge in [0.1, 0.15) is 5.76 Å². The van der Waals surface area contributed by atoms with Gasteiger partial charge >= 0.3 is 0 Å². The Bertz CT molecular complexity index is 409. The second kappa shape index (κ2) is 6.25. The Morgan fingerprint density at radius 2 is 2.00 bits per heavy atom. The number of halogens is 1. The molecule has 0 aromatic carbocycles. The number of hydrogen-bond donors (Lipinski definition) is 1. The Morgan fingerprint density at radius 1 is 1.39 bits per heavy atom. The summed E-state index contributed by atoms with van der Waals surface area (Å²) in [6, 6.07) is 2.45. The van der Waals surface area contributed by atoms with E-state index in [1.165, 1.54) is 0 Å².